The molecule has 0 radical (unpaired) electrons. The van der Waals surface area contributed by atoms with Crippen LogP contribution in [0.15, 0.2) is 36.4 Å². The first-order valence-electron chi connectivity index (χ1n) is 7.08. The van der Waals surface area contributed by atoms with Crippen LogP contribution in [0.5, 0.6) is 11.5 Å². The lowest BCUT2D eigenvalue weighted by Crippen LogP contribution is -1.99. The molecule has 0 spiro atoms. The molecule has 0 bridgehead atoms. The summed E-state index contributed by atoms with van der Waals surface area (Å²) >= 11 is 0. The molecule has 2 aromatic rings. The lowest BCUT2D eigenvalue weighted by Gasteiger charge is -2.13. The van der Waals surface area contributed by atoms with Crippen molar-refractivity contribution in [2.75, 3.05) is 13.2 Å². The van der Waals surface area contributed by atoms with Crippen LogP contribution in [-0.2, 0) is 6.54 Å². The zero-order chi connectivity index (χ0) is 15.2. The quantitative estimate of drug-likeness (QED) is 0.881. The van der Waals surface area contributed by atoms with E-state index in [1.54, 1.807) is 18.2 Å². The Balaban J connectivity index is 2.42. The highest BCUT2D eigenvalue weighted by atomic mass is 19.1. The molecule has 0 unspecified atom stereocenters. The maximum absolute atomic E-state index is 14.2. The SMILES string of the molecule is CCOc1ccc(-c2ccc(CN)cc2F)cc1OCC. The molecule has 0 atom stereocenters. The van der Waals surface area contributed by atoms with Gasteiger partial charge < -0.3 is 15.2 Å². The van der Waals surface area contributed by atoms with Crippen molar-refractivity contribution in [1.29, 1.82) is 0 Å². The summed E-state index contributed by atoms with van der Waals surface area (Å²) in [5.41, 5.74) is 7.57. The molecule has 2 N–H and O–H groups in total. The largest absolute Gasteiger partial charge is 0.490 e. The van der Waals surface area contributed by atoms with Crippen molar-refractivity contribution >= 4 is 0 Å². The van der Waals surface area contributed by atoms with Crippen molar-refractivity contribution < 1.29 is 13.9 Å². The minimum Gasteiger partial charge on any atom is -0.490 e. The number of rotatable bonds is 6. The van der Waals surface area contributed by atoms with Gasteiger partial charge in [-0.15, -0.1) is 0 Å². The van der Waals surface area contributed by atoms with Crippen LogP contribution in [0.1, 0.15) is 19.4 Å². The van der Waals surface area contributed by atoms with Crippen LogP contribution in [-0.4, -0.2) is 13.2 Å². The average Bonchev–Trinajstić information content (AvgIpc) is 2.49. The fourth-order valence-corrected chi connectivity index (χ4v) is 2.14. The highest BCUT2D eigenvalue weighted by Gasteiger charge is 2.11. The summed E-state index contributed by atoms with van der Waals surface area (Å²) in [4.78, 5) is 0. The van der Waals surface area contributed by atoms with E-state index in [-0.39, 0.29) is 5.82 Å². The van der Waals surface area contributed by atoms with E-state index in [4.69, 9.17) is 15.2 Å². The van der Waals surface area contributed by atoms with Crippen molar-refractivity contribution in [2.45, 2.75) is 20.4 Å². The van der Waals surface area contributed by atoms with E-state index < -0.39 is 0 Å². The van der Waals surface area contributed by atoms with E-state index in [9.17, 15) is 4.39 Å². The van der Waals surface area contributed by atoms with Crippen molar-refractivity contribution in [3.05, 3.63) is 47.8 Å². The molecule has 3 nitrogen and oxygen atoms in total. The molecule has 4 heteroatoms. The van der Waals surface area contributed by atoms with Gasteiger partial charge in [-0.3, -0.25) is 0 Å². The minimum atomic E-state index is -0.287. The van der Waals surface area contributed by atoms with E-state index >= 15 is 0 Å². The van der Waals surface area contributed by atoms with Gasteiger partial charge in [-0.1, -0.05) is 18.2 Å². The van der Waals surface area contributed by atoms with Crippen molar-refractivity contribution in [2.24, 2.45) is 5.73 Å². The number of hydrogen-bond acceptors (Lipinski definition) is 3. The van der Waals surface area contributed by atoms with Crippen LogP contribution in [0.2, 0.25) is 0 Å². The van der Waals surface area contributed by atoms with Gasteiger partial charge in [0.05, 0.1) is 13.2 Å². The molecule has 0 aliphatic carbocycles. The number of benzene rings is 2. The molecular formula is C17H20FNO2. The van der Waals surface area contributed by atoms with Gasteiger partial charge in [0, 0.05) is 12.1 Å². The summed E-state index contributed by atoms with van der Waals surface area (Å²) in [6.45, 7) is 5.22. The Morgan fingerprint density at radius 1 is 0.952 bits per heavy atom. The third-order valence-electron chi connectivity index (χ3n) is 3.12. The molecule has 0 aliphatic rings. The smallest absolute Gasteiger partial charge is 0.161 e. The second-order valence-corrected chi connectivity index (χ2v) is 4.55. The van der Waals surface area contributed by atoms with Gasteiger partial charge in [0.15, 0.2) is 11.5 Å². The molecule has 2 aromatic carbocycles. The maximum Gasteiger partial charge on any atom is 0.161 e. The second kappa shape index (κ2) is 7.09. The van der Waals surface area contributed by atoms with E-state index in [2.05, 4.69) is 0 Å². The van der Waals surface area contributed by atoms with Crippen LogP contribution in [0, 0.1) is 5.82 Å². The Labute approximate surface area is 124 Å². The van der Waals surface area contributed by atoms with Gasteiger partial charge in [0.1, 0.15) is 5.82 Å². The van der Waals surface area contributed by atoms with Crippen LogP contribution in [0.4, 0.5) is 4.39 Å². The molecular weight excluding hydrogens is 269 g/mol. The topological polar surface area (TPSA) is 44.5 Å². The standard InChI is InChI=1S/C17H20FNO2/c1-3-20-16-8-6-13(10-17(16)21-4-2)14-7-5-12(11-19)9-15(14)18/h5-10H,3-4,11,19H2,1-2H3. The lowest BCUT2D eigenvalue weighted by molar-refractivity contribution is 0.288. The van der Waals surface area contributed by atoms with Crippen LogP contribution in [0.3, 0.4) is 0 Å². The molecule has 0 saturated heterocycles. The molecule has 2 rings (SSSR count). The van der Waals surface area contributed by atoms with Crippen LogP contribution < -0.4 is 15.2 Å². The third kappa shape index (κ3) is 3.52. The summed E-state index contributed by atoms with van der Waals surface area (Å²) in [5.74, 6) is 1.01. The predicted octanol–water partition coefficient (Wildman–Crippen LogP) is 3.75. The van der Waals surface area contributed by atoms with E-state index in [1.807, 2.05) is 26.0 Å². The fraction of sp³-hybridized carbons (Fsp3) is 0.294. The lowest BCUT2D eigenvalue weighted by atomic mass is 10.0. The molecule has 112 valence electrons. The molecule has 0 fully saturated rings. The normalized spacial score (nSPS) is 10.5. The van der Waals surface area contributed by atoms with Crippen molar-refractivity contribution in [3.63, 3.8) is 0 Å². The van der Waals surface area contributed by atoms with Gasteiger partial charge in [0.2, 0.25) is 0 Å². The number of halogens is 1. The van der Waals surface area contributed by atoms with Crippen molar-refractivity contribution in [3.8, 4) is 22.6 Å². The van der Waals surface area contributed by atoms with Gasteiger partial charge in [-0.05, 0) is 43.2 Å². The molecule has 0 aliphatic heterocycles. The summed E-state index contributed by atoms with van der Waals surface area (Å²) in [5, 5.41) is 0. The molecule has 0 aromatic heterocycles. The first-order chi connectivity index (χ1) is 10.2. The Hall–Kier alpha value is -2.07. The summed E-state index contributed by atoms with van der Waals surface area (Å²) in [7, 11) is 0. The first kappa shape index (κ1) is 15.3. The zero-order valence-electron chi connectivity index (χ0n) is 12.4. The second-order valence-electron chi connectivity index (χ2n) is 4.55. The Kier molecular flexibility index (Phi) is 5.17. The zero-order valence-corrected chi connectivity index (χ0v) is 12.4. The average molecular weight is 289 g/mol. The Morgan fingerprint density at radius 3 is 2.29 bits per heavy atom. The Morgan fingerprint density at radius 2 is 1.67 bits per heavy atom. The Bertz CT molecular complexity index is 614. The molecule has 21 heavy (non-hydrogen) atoms. The van der Waals surface area contributed by atoms with Gasteiger partial charge in [-0.25, -0.2) is 4.39 Å². The molecule has 0 amide bonds. The summed E-state index contributed by atoms with van der Waals surface area (Å²) in [6.07, 6.45) is 0. The minimum absolute atomic E-state index is 0.287. The highest BCUT2D eigenvalue weighted by Crippen LogP contribution is 2.34. The molecule has 0 heterocycles. The van der Waals surface area contributed by atoms with Gasteiger partial charge in [0.25, 0.3) is 0 Å². The van der Waals surface area contributed by atoms with E-state index in [0.717, 1.165) is 11.1 Å². The van der Waals surface area contributed by atoms with Crippen LogP contribution >= 0.6 is 0 Å². The third-order valence-corrected chi connectivity index (χ3v) is 3.12. The molecule has 0 saturated carbocycles. The number of nitrogens with two attached hydrogens (primary N) is 1. The highest BCUT2D eigenvalue weighted by molar-refractivity contribution is 5.68. The van der Waals surface area contributed by atoms with E-state index in [1.165, 1.54) is 6.07 Å². The number of ether oxygens (including phenoxy) is 2. The monoisotopic (exact) mass is 289 g/mol. The maximum atomic E-state index is 14.2. The fourth-order valence-electron chi connectivity index (χ4n) is 2.14. The van der Waals surface area contributed by atoms with Gasteiger partial charge in [-0.2, -0.15) is 0 Å². The summed E-state index contributed by atoms with van der Waals surface area (Å²) in [6, 6.07) is 10.5. The summed E-state index contributed by atoms with van der Waals surface area (Å²) < 4.78 is 25.2. The van der Waals surface area contributed by atoms with Gasteiger partial charge >= 0.3 is 0 Å². The first-order valence-corrected chi connectivity index (χ1v) is 7.08. The van der Waals surface area contributed by atoms with Crippen molar-refractivity contribution in [1.82, 2.24) is 0 Å². The number of hydrogen-bond donors (Lipinski definition) is 1. The van der Waals surface area contributed by atoms with E-state index in [0.29, 0.717) is 36.8 Å². The predicted molar refractivity (Wildman–Crippen MR) is 82.1 cm³/mol. The van der Waals surface area contributed by atoms with Crippen LogP contribution in [0.25, 0.3) is 11.1 Å².